The number of rotatable bonds is 9. The number of sulfone groups is 1. The molecule has 33 heavy (non-hydrogen) atoms. The molecule has 4 rings (SSSR count). The van der Waals surface area contributed by atoms with E-state index in [1.807, 2.05) is 48.5 Å². The molecule has 3 aromatic carbocycles. The molecule has 7 nitrogen and oxygen atoms in total. The summed E-state index contributed by atoms with van der Waals surface area (Å²) in [5, 5.41) is 8.89. The van der Waals surface area contributed by atoms with Gasteiger partial charge in [-0.15, -0.1) is 0 Å². The van der Waals surface area contributed by atoms with Crippen molar-refractivity contribution >= 4 is 15.8 Å². The van der Waals surface area contributed by atoms with Crippen molar-refractivity contribution in [3.63, 3.8) is 0 Å². The fourth-order valence-corrected chi connectivity index (χ4v) is 4.21. The maximum Gasteiger partial charge on any atom is 0.329 e. The first-order chi connectivity index (χ1) is 15.7. The Kier molecular flexibility index (Phi) is 6.51. The molecule has 8 heteroatoms. The summed E-state index contributed by atoms with van der Waals surface area (Å²) >= 11 is 0. The molecule has 1 N–H and O–H groups in total. The lowest BCUT2D eigenvalue weighted by molar-refractivity contribution is -0.220. The molecule has 0 amide bonds. The van der Waals surface area contributed by atoms with Gasteiger partial charge in [-0.3, -0.25) is 0 Å². The second-order valence-electron chi connectivity index (χ2n) is 7.98. The molecule has 0 aromatic heterocycles. The van der Waals surface area contributed by atoms with Crippen molar-refractivity contribution in [1.82, 2.24) is 0 Å². The van der Waals surface area contributed by atoms with Crippen LogP contribution in [0, 0.1) is 0 Å². The van der Waals surface area contributed by atoms with Crippen LogP contribution in [-0.2, 0) is 36.3 Å². The van der Waals surface area contributed by atoms with E-state index in [1.54, 1.807) is 24.3 Å². The van der Waals surface area contributed by atoms with Crippen molar-refractivity contribution < 1.29 is 32.5 Å². The molecular formula is C25H24O7S. The van der Waals surface area contributed by atoms with Crippen LogP contribution in [0.15, 0.2) is 77.7 Å². The molecular weight excluding hydrogens is 444 g/mol. The summed E-state index contributed by atoms with van der Waals surface area (Å²) in [6.45, 7) is 0.615. The number of benzene rings is 3. The lowest BCUT2D eigenvalue weighted by Gasteiger charge is -2.41. The summed E-state index contributed by atoms with van der Waals surface area (Å²) in [6, 6.07) is 22.0. The van der Waals surface area contributed by atoms with Crippen LogP contribution in [0.1, 0.15) is 11.1 Å². The number of hydrogen-bond donors (Lipinski definition) is 1. The Hall–Kier alpha value is -3.20. The zero-order chi connectivity index (χ0) is 23.5. The first-order valence-electron chi connectivity index (χ1n) is 10.3. The van der Waals surface area contributed by atoms with Crippen LogP contribution in [0.3, 0.4) is 0 Å². The molecule has 1 fully saturated rings. The third-order valence-corrected chi connectivity index (χ3v) is 6.60. The van der Waals surface area contributed by atoms with Gasteiger partial charge in [0.1, 0.15) is 24.6 Å². The van der Waals surface area contributed by atoms with E-state index >= 15 is 0 Å². The fraction of sp³-hybridized carbons (Fsp3) is 0.240. The largest absolute Gasteiger partial charge is 0.489 e. The van der Waals surface area contributed by atoms with E-state index in [1.165, 1.54) is 6.26 Å². The normalized spacial score (nSPS) is 14.9. The van der Waals surface area contributed by atoms with Gasteiger partial charge in [-0.25, -0.2) is 13.2 Å². The van der Waals surface area contributed by atoms with Crippen molar-refractivity contribution in [3.8, 4) is 16.9 Å². The number of carboxylic acid groups (broad SMARTS) is 1. The van der Waals surface area contributed by atoms with Gasteiger partial charge < -0.3 is 19.3 Å². The summed E-state index contributed by atoms with van der Waals surface area (Å²) in [5.74, 6) is -0.343. The van der Waals surface area contributed by atoms with Gasteiger partial charge in [0.15, 0.2) is 9.84 Å². The third-order valence-electron chi connectivity index (χ3n) is 5.47. The van der Waals surface area contributed by atoms with E-state index in [-0.39, 0.29) is 11.5 Å². The molecule has 0 saturated carbocycles. The third kappa shape index (κ3) is 5.42. The topological polar surface area (TPSA) is 99.1 Å². The van der Waals surface area contributed by atoms with Crippen LogP contribution in [0.25, 0.3) is 11.1 Å². The average Bonchev–Trinajstić information content (AvgIpc) is 2.77. The zero-order valence-electron chi connectivity index (χ0n) is 18.1. The Morgan fingerprint density at radius 3 is 2.27 bits per heavy atom. The van der Waals surface area contributed by atoms with Crippen molar-refractivity contribution in [2.24, 2.45) is 0 Å². The molecule has 1 saturated heterocycles. The Balaban J connectivity index is 1.41. The summed E-state index contributed by atoms with van der Waals surface area (Å²) in [6.07, 6.45) is 1.19. The van der Waals surface area contributed by atoms with E-state index in [0.717, 1.165) is 22.3 Å². The van der Waals surface area contributed by atoms with Crippen LogP contribution >= 0.6 is 0 Å². The SMILES string of the molecule is CS(=O)(=O)c1ccc(-c2cccc(COc3ccc(C4(OCC(=O)O)COC4)cc3)c2)cc1. The number of aliphatic carboxylic acids is 1. The number of carboxylic acids is 1. The van der Waals surface area contributed by atoms with Crippen LogP contribution in [-0.4, -0.2) is 45.6 Å². The van der Waals surface area contributed by atoms with Crippen LogP contribution in [0.4, 0.5) is 0 Å². The summed E-state index contributed by atoms with van der Waals surface area (Å²) in [7, 11) is -3.23. The fourth-order valence-electron chi connectivity index (χ4n) is 3.58. The van der Waals surface area contributed by atoms with Crippen LogP contribution < -0.4 is 4.74 Å². The predicted molar refractivity (Wildman–Crippen MR) is 122 cm³/mol. The van der Waals surface area contributed by atoms with Gasteiger partial charge in [-0.1, -0.05) is 42.5 Å². The maximum atomic E-state index is 11.7. The van der Waals surface area contributed by atoms with Gasteiger partial charge in [0.25, 0.3) is 0 Å². The molecule has 0 atom stereocenters. The van der Waals surface area contributed by atoms with Gasteiger partial charge in [0, 0.05) is 6.26 Å². The lowest BCUT2D eigenvalue weighted by Crippen LogP contribution is -2.49. The smallest absolute Gasteiger partial charge is 0.329 e. The summed E-state index contributed by atoms with van der Waals surface area (Å²) < 4.78 is 40.1. The average molecular weight is 469 g/mol. The van der Waals surface area contributed by atoms with Crippen molar-refractivity contribution in [2.75, 3.05) is 26.1 Å². The first-order valence-corrected chi connectivity index (χ1v) is 12.2. The molecule has 1 aliphatic heterocycles. The highest BCUT2D eigenvalue weighted by Gasteiger charge is 2.42. The van der Waals surface area contributed by atoms with Gasteiger partial charge in [0.05, 0.1) is 18.1 Å². The second-order valence-corrected chi connectivity index (χ2v) is 10.00. The van der Waals surface area contributed by atoms with E-state index in [2.05, 4.69) is 0 Å². The quantitative estimate of drug-likeness (QED) is 0.512. The molecule has 0 aliphatic carbocycles. The monoisotopic (exact) mass is 468 g/mol. The Morgan fingerprint density at radius 2 is 1.70 bits per heavy atom. The van der Waals surface area contributed by atoms with E-state index in [0.29, 0.717) is 25.6 Å². The molecule has 172 valence electrons. The standard InChI is InChI=1S/C25H24O7S/c1-33(28,29)23-11-5-19(6-12-23)20-4-2-3-18(13-20)14-31-22-9-7-21(8-10-22)25(16-30-17-25)32-15-24(26)27/h2-13H,14-17H2,1H3,(H,26,27). The van der Waals surface area contributed by atoms with Gasteiger partial charge >= 0.3 is 5.97 Å². The van der Waals surface area contributed by atoms with Crippen molar-refractivity contribution in [3.05, 3.63) is 83.9 Å². The summed E-state index contributed by atoms with van der Waals surface area (Å²) in [5.41, 5.74) is 2.98. The highest BCUT2D eigenvalue weighted by Crippen LogP contribution is 2.34. The number of ether oxygens (including phenoxy) is 3. The summed E-state index contributed by atoms with van der Waals surface area (Å²) in [4.78, 5) is 11.1. The molecule has 3 aromatic rings. The van der Waals surface area contributed by atoms with Crippen molar-refractivity contribution in [2.45, 2.75) is 17.1 Å². The van der Waals surface area contributed by atoms with Crippen LogP contribution in [0.2, 0.25) is 0 Å². The minimum Gasteiger partial charge on any atom is -0.489 e. The Labute approximate surface area is 192 Å². The highest BCUT2D eigenvalue weighted by molar-refractivity contribution is 7.90. The van der Waals surface area contributed by atoms with Gasteiger partial charge in [-0.2, -0.15) is 0 Å². The molecule has 0 radical (unpaired) electrons. The van der Waals surface area contributed by atoms with Crippen molar-refractivity contribution in [1.29, 1.82) is 0 Å². The molecule has 1 heterocycles. The first kappa shape index (κ1) is 23.0. The molecule has 0 unspecified atom stereocenters. The number of carbonyl (C=O) groups is 1. The zero-order valence-corrected chi connectivity index (χ0v) is 18.9. The molecule has 0 spiro atoms. The predicted octanol–water partition coefficient (Wildman–Crippen LogP) is 3.66. The van der Waals surface area contributed by atoms with Crippen LogP contribution in [0.5, 0.6) is 5.75 Å². The second kappa shape index (κ2) is 9.35. The molecule has 1 aliphatic rings. The van der Waals surface area contributed by atoms with E-state index < -0.39 is 21.4 Å². The molecule has 0 bridgehead atoms. The lowest BCUT2D eigenvalue weighted by atomic mass is 9.91. The Bertz CT molecular complexity index is 1230. The number of hydrogen-bond acceptors (Lipinski definition) is 6. The minimum atomic E-state index is -3.23. The van der Waals surface area contributed by atoms with E-state index in [4.69, 9.17) is 19.3 Å². The maximum absolute atomic E-state index is 11.7. The minimum absolute atomic E-state index is 0.290. The highest BCUT2D eigenvalue weighted by atomic mass is 32.2. The van der Waals surface area contributed by atoms with Gasteiger partial charge in [0.2, 0.25) is 0 Å². The Morgan fingerprint density at radius 1 is 1.00 bits per heavy atom. The van der Waals surface area contributed by atoms with Gasteiger partial charge in [-0.05, 0) is 52.6 Å². The van der Waals surface area contributed by atoms with E-state index in [9.17, 15) is 13.2 Å².